The number of carbonyl (C=O) groups is 3. The quantitative estimate of drug-likeness (QED) is 0.446. The van der Waals surface area contributed by atoms with Gasteiger partial charge in [-0.2, -0.15) is 0 Å². The Morgan fingerprint density at radius 2 is 1.94 bits per heavy atom. The van der Waals surface area contributed by atoms with Crippen molar-refractivity contribution in [2.45, 2.75) is 19.3 Å². The van der Waals surface area contributed by atoms with Crippen molar-refractivity contribution in [2.75, 3.05) is 6.61 Å². The lowest BCUT2D eigenvalue weighted by Gasteiger charge is -2.22. The van der Waals surface area contributed by atoms with E-state index in [-0.39, 0.29) is 25.2 Å². The first-order valence-electron chi connectivity index (χ1n) is 5.87. The SMILES string of the molecule is O=CCC[C@@]1(Cc2ccccc2)C(=O)COC1=O. The van der Waals surface area contributed by atoms with E-state index in [1.807, 2.05) is 30.3 Å². The Morgan fingerprint density at radius 1 is 1.22 bits per heavy atom. The van der Waals surface area contributed by atoms with Crippen LogP contribution < -0.4 is 0 Å². The van der Waals surface area contributed by atoms with E-state index >= 15 is 0 Å². The Balaban J connectivity index is 2.28. The molecule has 4 nitrogen and oxygen atoms in total. The first-order chi connectivity index (χ1) is 8.69. The van der Waals surface area contributed by atoms with Crippen LogP contribution in [0.5, 0.6) is 0 Å². The molecule has 1 saturated heterocycles. The van der Waals surface area contributed by atoms with Gasteiger partial charge < -0.3 is 9.53 Å². The summed E-state index contributed by atoms with van der Waals surface area (Å²) in [6.45, 7) is -0.176. The van der Waals surface area contributed by atoms with Crippen molar-refractivity contribution in [2.24, 2.45) is 5.41 Å². The summed E-state index contributed by atoms with van der Waals surface area (Å²) in [5.74, 6) is -0.726. The van der Waals surface area contributed by atoms with Crippen LogP contribution in [0.2, 0.25) is 0 Å². The zero-order valence-electron chi connectivity index (χ0n) is 9.93. The van der Waals surface area contributed by atoms with Gasteiger partial charge in [-0.15, -0.1) is 0 Å². The monoisotopic (exact) mass is 246 g/mol. The average molecular weight is 246 g/mol. The maximum Gasteiger partial charge on any atom is 0.320 e. The molecule has 94 valence electrons. The summed E-state index contributed by atoms with van der Waals surface area (Å²) in [4.78, 5) is 34.3. The fourth-order valence-corrected chi connectivity index (χ4v) is 2.27. The summed E-state index contributed by atoms with van der Waals surface area (Å²) in [5, 5.41) is 0. The number of ether oxygens (including phenoxy) is 1. The molecule has 2 rings (SSSR count). The second kappa shape index (κ2) is 5.12. The van der Waals surface area contributed by atoms with Gasteiger partial charge in [-0.1, -0.05) is 30.3 Å². The minimum absolute atomic E-state index is 0.176. The summed E-state index contributed by atoms with van der Waals surface area (Å²) >= 11 is 0. The van der Waals surface area contributed by atoms with Gasteiger partial charge in [-0.05, 0) is 18.4 Å². The van der Waals surface area contributed by atoms with E-state index in [1.54, 1.807) is 0 Å². The molecule has 1 aromatic carbocycles. The number of rotatable bonds is 5. The number of Topliss-reactive ketones (excluding diaryl/α,β-unsaturated/α-hetero) is 1. The van der Waals surface area contributed by atoms with Gasteiger partial charge in [0.05, 0.1) is 0 Å². The smallest absolute Gasteiger partial charge is 0.320 e. The Morgan fingerprint density at radius 3 is 2.50 bits per heavy atom. The van der Waals surface area contributed by atoms with Crippen molar-refractivity contribution in [1.29, 1.82) is 0 Å². The van der Waals surface area contributed by atoms with Gasteiger partial charge in [0.25, 0.3) is 0 Å². The maximum absolute atomic E-state index is 12.0. The molecule has 0 amide bonds. The van der Waals surface area contributed by atoms with E-state index in [0.29, 0.717) is 6.42 Å². The third-order valence-electron chi connectivity index (χ3n) is 3.30. The van der Waals surface area contributed by atoms with Crippen LogP contribution in [0.1, 0.15) is 18.4 Å². The van der Waals surface area contributed by atoms with Gasteiger partial charge in [0.2, 0.25) is 0 Å². The van der Waals surface area contributed by atoms with E-state index in [9.17, 15) is 14.4 Å². The fourth-order valence-electron chi connectivity index (χ4n) is 2.27. The molecule has 0 spiro atoms. The molecule has 1 aromatic rings. The van der Waals surface area contributed by atoms with Crippen LogP contribution in [0, 0.1) is 5.41 Å². The highest BCUT2D eigenvalue weighted by Gasteiger charge is 2.51. The molecule has 0 saturated carbocycles. The third-order valence-corrected chi connectivity index (χ3v) is 3.30. The fraction of sp³-hybridized carbons (Fsp3) is 0.357. The van der Waals surface area contributed by atoms with Gasteiger partial charge in [0, 0.05) is 6.42 Å². The second-order valence-corrected chi connectivity index (χ2v) is 4.45. The largest absolute Gasteiger partial charge is 0.457 e. The number of hydrogen-bond acceptors (Lipinski definition) is 4. The number of hydrogen-bond donors (Lipinski definition) is 0. The molecule has 1 aliphatic heterocycles. The summed E-state index contributed by atoms with van der Waals surface area (Å²) in [6, 6.07) is 9.31. The van der Waals surface area contributed by atoms with E-state index in [2.05, 4.69) is 0 Å². The maximum atomic E-state index is 12.0. The van der Waals surface area contributed by atoms with Crippen molar-refractivity contribution < 1.29 is 19.1 Å². The van der Waals surface area contributed by atoms with Crippen molar-refractivity contribution in [3.8, 4) is 0 Å². The summed E-state index contributed by atoms with van der Waals surface area (Å²) < 4.78 is 4.85. The molecule has 1 atom stereocenters. The minimum Gasteiger partial charge on any atom is -0.457 e. The van der Waals surface area contributed by atoms with E-state index in [1.165, 1.54) is 0 Å². The normalized spacial score (nSPS) is 22.9. The predicted molar refractivity (Wildman–Crippen MR) is 63.8 cm³/mol. The molecule has 0 bridgehead atoms. The average Bonchev–Trinajstić information content (AvgIpc) is 2.66. The van der Waals surface area contributed by atoms with E-state index in [4.69, 9.17) is 4.74 Å². The lowest BCUT2D eigenvalue weighted by Crippen LogP contribution is -2.36. The van der Waals surface area contributed by atoms with Crippen LogP contribution in [-0.4, -0.2) is 24.6 Å². The van der Waals surface area contributed by atoms with Crippen molar-refractivity contribution in [1.82, 2.24) is 0 Å². The van der Waals surface area contributed by atoms with Crippen LogP contribution in [0.15, 0.2) is 30.3 Å². The molecular formula is C14H14O4. The highest BCUT2D eigenvalue weighted by molar-refractivity contribution is 6.09. The van der Waals surface area contributed by atoms with E-state index < -0.39 is 11.4 Å². The molecule has 1 heterocycles. The van der Waals surface area contributed by atoms with Gasteiger partial charge in [0.1, 0.15) is 11.7 Å². The molecule has 0 radical (unpaired) electrons. The number of carbonyl (C=O) groups excluding carboxylic acids is 3. The standard InChI is InChI=1S/C14H14O4/c15-8-4-7-14(12(16)10-18-13(14)17)9-11-5-2-1-3-6-11/h1-3,5-6,8H,4,7,9-10H2/t14-/m1/s1. The van der Waals surface area contributed by atoms with Crippen LogP contribution in [0.4, 0.5) is 0 Å². The van der Waals surface area contributed by atoms with Crippen molar-refractivity contribution in [3.63, 3.8) is 0 Å². The molecule has 0 unspecified atom stereocenters. The van der Waals surface area contributed by atoms with Crippen LogP contribution in [-0.2, 0) is 25.5 Å². The molecule has 0 aliphatic carbocycles. The van der Waals surface area contributed by atoms with Crippen molar-refractivity contribution >= 4 is 18.0 Å². The zero-order chi connectivity index (χ0) is 13.0. The first kappa shape index (κ1) is 12.5. The predicted octanol–water partition coefficient (Wildman–Crippen LogP) is 1.32. The minimum atomic E-state index is -1.16. The molecule has 1 aliphatic rings. The number of cyclic esters (lactones) is 1. The summed E-state index contributed by atoms with van der Waals surface area (Å²) in [6.07, 6.45) is 1.45. The van der Waals surface area contributed by atoms with E-state index in [0.717, 1.165) is 11.8 Å². The molecule has 4 heteroatoms. The number of ketones is 1. The molecular weight excluding hydrogens is 232 g/mol. The summed E-state index contributed by atoms with van der Waals surface area (Å²) in [7, 11) is 0. The van der Waals surface area contributed by atoms with Crippen LogP contribution >= 0.6 is 0 Å². The topological polar surface area (TPSA) is 60.4 Å². The first-order valence-corrected chi connectivity index (χ1v) is 5.87. The second-order valence-electron chi connectivity index (χ2n) is 4.45. The Hall–Kier alpha value is -1.97. The zero-order valence-corrected chi connectivity index (χ0v) is 9.93. The Bertz CT molecular complexity index is 448. The number of benzene rings is 1. The lowest BCUT2D eigenvalue weighted by molar-refractivity contribution is -0.147. The Kier molecular flexibility index (Phi) is 3.55. The molecule has 0 N–H and O–H groups in total. The van der Waals surface area contributed by atoms with Crippen LogP contribution in [0.25, 0.3) is 0 Å². The van der Waals surface area contributed by atoms with Crippen molar-refractivity contribution in [3.05, 3.63) is 35.9 Å². The highest BCUT2D eigenvalue weighted by atomic mass is 16.5. The van der Waals surface area contributed by atoms with Gasteiger partial charge in [-0.25, -0.2) is 0 Å². The molecule has 1 fully saturated rings. The highest BCUT2D eigenvalue weighted by Crippen LogP contribution is 2.35. The van der Waals surface area contributed by atoms with Crippen LogP contribution in [0.3, 0.4) is 0 Å². The molecule has 0 aromatic heterocycles. The van der Waals surface area contributed by atoms with Gasteiger partial charge >= 0.3 is 5.97 Å². The molecule has 18 heavy (non-hydrogen) atoms. The summed E-state index contributed by atoms with van der Waals surface area (Å²) in [5.41, 5.74) is -0.266. The van der Waals surface area contributed by atoms with Gasteiger partial charge in [-0.3, -0.25) is 9.59 Å². The Labute approximate surface area is 105 Å². The lowest BCUT2D eigenvalue weighted by atomic mass is 9.76. The van der Waals surface area contributed by atoms with Gasteiger partial charge in [0.15, 0.2) is 12.4 Å². The third kappa shape index (κ3) is 2.18. The number of esters is 1. The number of aldehydes is 1.